The van der Waals surface area contributed by atoms with Gasteiger partial charge in [-0.05, 0) is 63.5 Å². The zero-order chi connectivity index (χ0) is 22.4. The summed E-state index contributed by atoms with van der Waals surface area (Å²) in [5, 5.41) is 18.9. The maximum absolute atomic E-state index is 13.2. The number of H-pyrrole nitrogens is 1. The minimum Gasteiger partial charge on any atom is -0.352 e. The fourth-order valence-corrected chi connectivity index (χ4v) is 5.10. The average molecular weight is 450 g/mol. The number of carbonyl (C=O) groups is 1. The highest BCUT2D eigenvalue weighted by atomic mass is 16.2. The van der Waals surface area contributed by atoms with Gasteiger partial charge in [0.1, 0.15) is 11.6 Å². The van der Waals surface area contributed by atoms with E-state index in [0.717, 1.165) is 62.1 Å². The molecule has 5 N–H and O–H groups in total. The summed E-state index contributed by atoms with van der Waals surface area (Å²) in [6.07, 6.45) is 9.92. The number of aromatic nitrogens is 5. The van der Waals surface area contributed by atoms with Crippen LogP contribution < -0.4 is 21.3 Å². The monoisotopic (exact) mass is 449 g/mol. The van der Waals surface area contributed by atoms with E-state index in [0.29, 0.717) is 17.7 Å². The van der Waals surface area contributed by atoms with Gasteiger partial charge in [0, 0.05) is 42.5 Å². The number of nitrogens with zero attached hydrogens (tertiary/aromatic N) is 5. The molecule has 0 unspecified atom stereocenters. The molecule has 0 aromatic carbocycles. The van der Waals surface area contributed by atoms with Gasteiger partial charge in [-0.25, -0.2) is 4.52 Å². The third kappa shape index (κ3) is 4.15. The van der Waals surface area contributed by atoms with Crippen LogP contribution in [0.15, 0.2) is 24.4 Å². The number of fused-ring (bicyclic) bond motifs is 1. The first kappa shape index (κ1) is 20.5. The SMILES string of the molecule is N[C@H]1CC[C@@H](NC(=O)[C@@H]2CCCN2c2nc(Nc3cc(C4CC4)[nH]n3)c3cccn3n2)CC1. The van der Waals surface area contributed by atoms with Crippen molar-refractivity contribution in [2.45, 2.75) is 75.4 Å². The Morgan fingerprint density at radius 1 is 1.15 bits per heavy atom. The second-order valence-corrected chi connectivity index (χ2v) is 9.68. The number of hydrogen-bond donors (Lipinski definition) is 4. The lowest BCUT2D eigenvalue weighted by Gasteiger charge is -2.30. The van der Waals surface area contributed by atoms with Crippen molar-refractivity contribution in [1.29, 1.82) is 0 Å². The van der Waals surface area contributed by atoms with Crippen molar-refractivity contribution in [1.82, 2.24) is 30.1 Å². The average Bonchev–Trinajstić information content (AvgIpc) is 3.20. The van der Waals surface area contributed by atoms with Crippen LogP contribution in [-0.4, -0.2) is 55.4 Å². The predicted molar refractivity (Wildman–Crippen MR) is 126 cm³/mol. The number of anilines is 3. The Morgan fingerprint density at radius 3 is 2.82 bits per heavy atom. The van der Waals surface area contributed by atoms with Crippen molar-refractivity contribution in [2.24, 2.45) is 5.73 Å². The molecular weight excluding hydrogens is 418 g/mol. The molecule has 0 bridgehead atoms. The third-order valence-electron chi connectivity index (χ3n) is 7.17. The Kier molecular flexibility index (Phi) is 5.17. The van der Waals surface area contributed by atoms with Crippen LogP contribution >= 0.6 is 0 Å². The summed E-state index contributed by atoms with van der Waals surface area (Å²) in [6, 6.07) is 6.20. The largest absolute Gasteiger partial charge is 0.352 e. The maximum atomic E-state index is 13.2. The Hall–Kier alpha value is -3.14. The second-order valence-electron chi connectivity index (χ2n) is 9.68. The van der Waals surface area contributed by atoms with Gasteiger partial charge in [0.15, 0.2) is 11.6 Å². The summed E-state index contributed by atoms with van der Waals surface area (Å²) in [5.41, 5.74) is 8.05. The Bertz CT molecular complexity index is 1140. The molecule has 10 heteroatoms. The summed E-state index contributed by atoms with van der Waals surface area (Å²) < 4.78 is 1.81. The number of nitrogens with one attached hydrogen (secondary N) is 3. The van der Waals surface area contributed by atoms with Gasteiger partial charge in [0.2, 0.25) is 11.9 Å². The highest BCUT2D eigenvalue weighted by molar-refractivity contribution is 5.86. The third-order valence-corrected chi connectivity index (χ3v) is 7.17. The number of aromatic amines is 1. The number of rotatable bonds is 6. The smallest absolute Gasteiger partial charge is 0.246 e. The lowest BCUT2D eigenvalue weighted by atomic mass is 9.91. The van der Waals surface area contributed by atoms with Crippen molar-refractivity contribution < 1.29 is 4.79 Å². The zero-order valence-electron chi connectivity index (χ0n) is 18.7. The van der Waals surface area contributed by atoms with E-state index in [1.165, 1.54) is 12.8 Å². The molecule has 1 aliphatic heterocycles. The van der Waals surface area contributed by atoms with Gasteiger partial charge in [-0.2, -0.15) is 10.1 Å². The molecule has 174 valence electrons. The van der Waals surface area contributed by atoms with E-state index in [4.69, 9.17) is 15.8 Å². The minimum atomic E-state index is -0.256. The molecule has 3 aromatic rings. The van der Waals surface area contributed by atoms with Crippen molar-refractivity contribution in [3.8, 4) is 0 Å². The number of amides is 1. The van der Waals surface area contributed by atoms with E-state index in [1.807, 2.05) is 27.7 Å². The first-order valence-corrected chi connectivity index (χ1v) is 12.1. The van der Waals surface area contributed by atoms with Crippen molar-refractivity contribution >= 4 is 29.0 Å². The Balaban J connectivity index is 1.23. The highest BCUT2D eigenvalue weighted by Crippen LogP contribution is 2.39. The number of hydrogen-bond acceptors (Lipinski definition) is 7. The fraction of sp³-hybridized carbons (Fsp3) is 0.565. The summed E-state index contributed by atoms with van der Waals surface area (Å²) >= 11 is 0. The lowest BCUT2D eigenvalue weighted by molar-refractivity contribution is -0.123. The molecule has 2 saturated carbocycles. The molecule has 1 saturated heterocycles. The maximum Gasteiger partial charge on any atom is 0.246 e. The second kappa shape index (κ2) is 8.33. The number of carbonyl (C=O) groups excluding carboxylic acids is 1. The standard InChI is InChI=1S/C23H31N9O/c24-15-7-9-16(10-8-15)25-22(33)19-4-1-11-31(19)23-27-21(18-3-2-12-32(18)30-23)26-20-13-17(28-29-20)14-5-6-14/h2-3,12-16,19H,1,4-11,24H2,(H,25,33)(H2,26,27,28,29,30)/t15-,16+,19-/m0/s1. The minimum absolute atomic E-state index is 0.0695. The molecule has 33 heavy (non-hydrogen) atoms. The molecule has 1 atom stereocenters. The van der Waals surface area contributed by atoms with Crippen LogP contribution in [-0.2, 0) is 4.79 Å². The van der Waals surface area contributed by atoms with Crippen LogP contribution in [0.25, 0.3) is 5.52 Å². The topological polar surface area (TPSA) is 129 Å². The summed E-state index contributed by atoms with van der Waals surface area (Å²) in [7, 11) is 0. The van der Waals surface area contributed by atoms with Gasteiger partial charge in [0.05, 0.1) is 0 Å². The van der Waals surface area contributed by atoms with Crippen LogP contribution in [0, 0.1) is 0 Å². The summed E-state index contributed by atoms with van der Waals surface area (Å²) in [6.45, 7) is 0.758. The van der Waals surface area contributed by atoms with Crippen molar-refractivity contribution in [3.63, 3.8) is 0 Å². The van der Waals surface area contributed by atoms with E-state index < -0.39 is 0 Å². The Labute approximate surface area is 192 Å². The molecule has 3 fully saturated rings. The van der Waals surface area contributed by atoms with Crippen LogP contribution in [0.2, 0.25) is 0 Å². The molecule has 1 amide bonds. The van der Waals surface area contributed by atoms with E-state index in [1.54, 1.807) is 0 Å². The quantitative estimate of drug-likeness (QED) is 0.455. The molecule has 3 aliphatic rings. The lowest BCUT2D eigenvalue weighted by Crippen LogP contribution is -2.49. The van der Waals surface area contributed by atoms with Crippen LogP contribution in [0.5, 0.6) is 0 Å². The van der Waals surface area contributed by atoms with Gasteiger partial charge in [-0.15, -0.1) is 5.10 Å². The van der Waals surface area contributed by atoms with E-state index in [-0.39, 0.29) is 24.0 Å². The molecular formula is C23H31N9O. The molecule has 2 aliphatic carbocycles. The van der Waals surface area contributed by atoms with Gasteiger partial charge >= 0.3 is 0 Å². The fourth-order valence-electron chi connectivity index (χ4n) is 5.10. The van der Waals surface area contributed by atoms with Gasteiger partial charge < -0.3 is 21.3 Å². The van der Waals surface area contributed by atoms with Crippen LogP contribution in [0.1, 0.15) is 63.0 Å². The normalized spacial score (nSPS) is 25.5. The van der Waals surface area contributed by atoms with Crippen molar-refractivity contribution in [3.05, 3.63) is 30.1 Å². The molecule has 6 rings (SSSR count). The summed E-state index contributed by atoms with van der Waals surface area (Å²) in [4.78, 5) is 20.0. The first-order valence-electron chi connectivity index (χ1n) is 12.1. The van der Waals surface area contributed by atoms with Crippen LogP contribution in [0.4, 0.5) is 17.6 Å². The van der Waals surface area contributed by atoms with E-state index >= 15 is 0 Å². The van der Waals surface area contributed by atoms with Crippen LogP contribution in [0.3, 0.4) is 0 Å². The van der Waals surface area contributed by atoms with Crippen molar-refractivity contribution in [2.75, 3.05) is 16.8 Å². The molecule has 0 radical (unpaired) electrons. The zero-order valence-corrected chi connectivity index (χ0v) is 18.7. The predicted octanol–water partition coefficient (Wildman–Crippen LogP) is 2.43. The van der Waals surface area contributed by atoms with Gasteiger partial charge in [-0.1, -0.05) is 0 Å². The molecule has 0 spiro atoms. The molecule has 4 heterocycles. The highest BCUT2D eigenvalue weighted by Gasteiger charge is 2.34. The molecule has 3 aromatic heterocycles. The number of nitrogens with two attached hydrogens (primary N) is 1. The first-order chi connectivity index (χ1) is 16.1. The van der Waals surface area contributed by atoms with E-state index in [9.17, 15) is 4.79 Å². The van der Waals surface area contributed by atoms with E-state index in [2.05, 4.69) is 26.9 Å². The van der Waals surface area contributed by atoms with Gasteiger partial charge in [-0.3, -0.25) is 9.89 Å². The summed E-state index contributed by atoms with van der Waals surface area (Å²) in [5.74, 6) is 2.66. The molecule has 10 nitrogen and oxygen atoms in total. The Morgan fingerprint density at radius 2 is 2.00 bits per heavy atom. The van der Waals surface area contributed by atoms with Gasteiger partial charge in [0.25, 0.3) is 0 Å².